The van der Waals surface area contributed by atoms with E-state index in [4.69, 9.17) is 5.11 Å². The lowest BCUT2D eigenvalue weighted by atomic mass is 9.89. The molecule has 2 aliphatic rings. The smallest absolute Gasteiger partial charge is 0.335 e. The monoisotopic (exact) mass is 396 g/mol. The second-order valence-electron chi connectivity index (χ2n) is 7.78. The van der Waals surface area contributed by atoms with E-state index in [0.717, 1.165) is 12.8 Å². The molecule has 3 rings (SSSR count). The van der Waals surface area contributed by atoms with Gasteiger partial charge in [-0.3, -0.25) is 4.79 Å². The van der Waals surface area contributed by atoms with Gasteiger partial charge in [0.05, 0.1) is 24.2 Å². The minimum Gasteiger partial charge on any atom is -0.478 e. The van der Waals surface area contributed by atoms with Crippen molar-refractivity contribution >= 4 is 17.7 Å². The standard InChI is InChI=1S/C20H24N6O3/c1-20(24-13-18(27)26-15(11-21)2-3-16(26)12-22)5-8-25(9-6-20)17-10-14(19(28)29)4-7-23-17/h4,7,10,15-16,24H,2-3,5-6,8-9,13H2,1H3,(H,28,29)/t15-,16+. The van der Waals surface area contributed by atoms with E-state index in [0.29, 0.717) is 31.7 Å². The lowest BCUT2D eigenvalue weighted by molar-refractivity contribution is -0.131. The minimum absolute atomic E-state index is 0.0829. The normalized spacial score (nSPS) is 23.3. The van der Waals surface area contributed by atoms with Crippen LogP contribution in [0.2, 0.25) is 0 Å². The van der Waals surface area contributed by atoms with Gasteiger partial charge in [0.15, 0.2) is 0 Å². The van der Waals surface area contributed by atoms with Gasteiger partial charge in [0.1, 0.15) is 17.9 Å². The van der Waals surface area contributed by atoms with E-state index >= 15 is 0 Å². The second-order valence-corrected chi connectivity index (χ2v) is 7.78. The van der Waals surface area contributed by atoms with E-state index in [1.807, 2.05) is 11.8 Å². The summed E-state index contributed by atoms with van der Waals surface area (Å²) in [4.78, 5) is 31.5. The number of carbonyl (C=O) groups is 2. The summed E-state index contributed by atoms with van der Waals surface area (Å²) in [5, 5.41) is 30.9. The molecule has 2 aliphatic heterocycles. The van der Waals surface area contributed by atoms with Crippen LogP contribution in [-0.2, 0) is 4.79 Å². The third kappa shape index (κ3) is 4.47. The number of nitrogens with one attached hydrogen (secondary N) is 1. The van der Waals surface area contributed by atoms with E-state index < -0.39 is 18.1 Å². The molecular formula is C20H24N6O3. The highest BCUT2D eigenvalue weighted by molar-refractivity contribution is 5.88. The molecule has 3 heterocycles. The highest BCUT2D eigenvalue weighted by atomic mass is 16.4. The molecule has 0 unspecified atom stereocenters. The second kappa shape index (κ2) is 8.46. The van der Waals surface area contributed by atoms with Gasteiger partial charge in [0.25, 0.3) is 0 Å². The summed E-state index contributed by atoms with van der Waals surface area (Å²) >= 11 is 0. The molecule has 0 aliphatic carbocycles. The van der Waals surface area contributed by atoms with Gasteiger partial charge in [-0.15, -0.1) is 0 Å². The van der Waals surface area contributed by atoms with Gasteiger partial charge in [0, 0.05) is 24.8 Å². The number of piperidine rings is 1. The Hall–Kier alpha value is -3.17. The third-order valence-electron chi connectivity index (χ3n) is 5.82. The topological polar surface area (TPSA) is 133 Å². The van der Waals surface area contributed by atoms with E-state index in [1.54, 1.807) is 6.07 Å². The number of aromatic carboxylic acids is 1. The molecule has 29 heavy (non-hydrogen) atoms. The lowest BCUT2D eigenvalue weighted by Gasteiger charge is -2.41. The summed E-state index contributed by atoms with van der Waals surface area (Å²) in [7, 11) is 0. The number of aromatic nitrogens is 1. The molecule has 9 heteroatoms. The molecule has 2 fully saturated rings. The highest BCUT2D eigenvalue weighted by Crippen LogP contribution is 2.27. The van der Waals surface area contributed by atoms with Crippen LogP contribution in [0.5, 0.6) is 0 Å². The summed E-state index contributed by atoms with van der Waals surface area (Å²) in [5.74, 6) is -0.571. The number of likely N-dealkylation sites (tertiary alicyclic amines) is 1. The number of carboxylic acid groups (broad SMARTS) is 1. The predicted molar refractivity (Wildman–Crippen MR) is 104 cm³/mol. The van der Waals surface area contributed by atoms with Crippen LogP contribution in [0.25, 0.3) is 0 Å². The van der Waals surface area contributed by atoms with Crippen LogP contribution in [0.15, 0.2) is 18.3 Å². The van der Waals surface area contributed by atoms with Crippen molar-refractivity contribution in [3.05, 3.63) is 23.9 Å². The number of carbonyl (C=O) groups excluding carboxylic acids is 1. The Morgan fingerprint density at radius 2 is 1.90 bits per heavy atom. The quantitative estimate of drug-likeness (QED) is 0.757. The fourth-order valence-electron chi connectivity index (χ4n) is 3.92. The molecule has 1 amide bonds. The fourth-order valence-corrected chi connectivity index (χ4v) is 3.92. The van der Waals surface area contributed by atoms with Crippen LogP contribution in [0.3, 0.4) is 0 Å². The number of rotatable bonds is 5. The lowest BCUT2D eigenvalue weighted by Crippen LogP contribution is -2.55. The van der Waals surface area contributed by atoms with Crippen molar-refractivity contribution in [2.75, 3.05) is 24.5 Å². The average molecular weight is 396 g/mol. The largest absolute Gasteiger partial charge is 0.478 e. The Bertz CT molecular complexity index is 844. The summed E-state index contributed by atoms with van der Waals surface area (Å²) < 4.78 is 0. The maximum atomic E-state index is 12.6. The van der Waals surface area contributed by atoms with Crippen LogP contribution < -0.4 is 10.2 Å². The summed E-state index contributed by atoms with van der Waals surface area (Å²) in [6.07, 6.45) is 4.08. The first kappa shape index (κ1) is 20.6. The summed E-state index contributed by atoms with van der Waals surface area (Å²) in [6.45, 7) is 3.49. The van der Waals surface area contributed by atoms with Gasteiger partial charge in [0.2, 0.25) is 5.91 Å². The van der Waals surface area contributed by atoms with Crippen molar-refractivity contribution in [1.29, 1.82) is 10.5 Å². The van der Waals surface area contributed by atoms with Crippen LogP contribution in [-0.4, -0.2) is 64.1 Å². The molecule has 0 bridgehead atoms. The van der Waals surface area contributed by atoms with Crippen LogP contribution in [0.4, 0.5) is 5.82 Å². The van der Waals surface area contributed by atoms with Gasteiger partial charge in [-0.1, -0.05) is 0 Å². The first-order valence-corrected chi connectivity index (χ1v) is 9.66. The molecule has 2 N–H and O–H groups in total. The molecule has 2 saturated heterocycles. The number of carboxylic acids is 1. The van der Waals surface area contributed by atoms with Gasteiger partial charge >= 0.3 is 5.97 Å². The number of pyridine rings is 1. The van der Waals surface area contributed by atoms with Crippen molar-refractivity contribution in [3.8, 4) is 12.1 Å². The average Bonchev–Trinajstić information content (AvgIpc) is 3.16. The number of nitriles is 2. The molecule has 0 spiro atoms. The molecule has 9 nitrogen and oxygen atoms in total. The number of amides is 1. The van der Waals surface area contributed by atoms with E-state index in [-0.39, 0.29) is 23.6 Å². The first-order chi connectivity index (χ1) is 13.9. The molecule has 0 aromatic carbocycles. The van der Waals surface area contributed by atoms with Crippen LogP contribution in [0, 0.1) is 22.7 Å². The zero-order chi connectivity index (χ0) is 21.0. The van der Waals surface area contributed by atoms with E-state index in [2.05, 4.69) is 22.4 Å². The molecule has 1 aromatic heterocycles. The Balaban J connectivity index is 1.56. The Labute approximate surface area is 169 Å². The fraction of sp³-hybridized carbons (Fsp3) is 0.550. The predicted octanol–water partition coefficient (Wildman–Crippen LogP) is 1.14. The highest BCUT2D eigenvalue weighted by Gasteiger charge is 2.38. The Morgan fingerprint density at radius 3 is 2.45 bits per heavy atom. The summed E-state index contributed by atoms with van der Waals surface area (Å²) in [6, 6.07) is 6.20. The van der Waals surface area contributed by atoms with Gasteiger partial charge < -0.3 is 20.2 Å². The zero-order valence-electron chi connectivity index (χ0n) is 16.3. The van der Waals surface area contributed by atoms with Gasteiger partial charge in [-0.25, -0.2) is 9.78 Å². The van der Waals surface area contributed by atoms with Gasteiger partial charge in [-0.2, -0.15) is 10.5 Å². The van der Waals surface area contributed by atoms with Crippen LogP contribution >= 0.6 is 0 Å². The van der Waals surface area contributed by atoms with E-state index in [1.165, 1.54) is 17.2 Å². The Kier molecular flexibility index (Phi) is 6.00. The van der Waals surface area contributed by atoms with Crippen molar-refractivity contribution in [3.63, 3.8) is 0 Å². The molecule has 2 atom stereocenters. The molecular weight excluding hydrogens is 372 g/mol. The van der Waals surface area contributed by atoms with Crippen molar-refractivity contribution in [2.24, 2.45) is 0 Å². The van der Waals surface area contributed by atoms with Crippen molar-refractivity contribution < 1.29 is 14.7 Å². The molecule has 0 saturated carbocycles. The van der Waals surface area contributed by atoms with Gasteiger partial charge in [-0.05, 0) is 44.7 Å². The van der Waals surface area contributed by atoms with Crippen LogP contribution in [0.1, 0.15) is 43.0 Å². The van der Waals surface area contributed by atoms with Crippen molar-refractivity contribution in [2.45, 2.75) is 50.2 Å². The molecule has 152 valence electrons. The van der Waals surface area contributed by atoms with Crippen molar-refractivity contribution in [1.82, 2.24) is 15.2 Å². The molecule has 0 radical (unpaired) electrons. The summed E-state index contributed by atoms with van der Waals surface area (Å²) in [5.41, 5.74) is -0.0580. The number of anilines is 1. The minimum atomic E-state index is -0.982. The third-order valence-corrected chi connectivity index (χ3v) is 5.82. The maximum absolute atomic E-state index is 12.6. The number of nitrogens with zero attached hydrogens (tertiary/aromatic N) is 5. The molecule has 1 aromatic rings. The number of hydrogen-bond acceptors (Lipinski definition) is 7. The zero-order valence-corrected chi connectivity index (χ0v) is 16.3. The maximum Gasteiger partial charge on any atom is 0.335 e. The number of hydrogen-bond donors (Lipinski definition) is 2. The Morgan fingerprint density at radius 1 is 1.28 bits per heavy atom. The SMILES string of the molecule is CC1(NCC(=O)N2[C@H](C#N)CC[C@@H]2C#N)CCN(c2cc(C(=O)O)ccn2)CC1. The van der Waals surface area contributed by atoms with E-state index in [9.17, 15) is 20.1 Å². The first-order valence-electron chi connectivity index (χ1n) is 9.66.